The van der Waals surface area contributed by atoms with Gasteiger partial charge in [-0.1, -0.05) is 0 Å². The predicted molar refractivity (Wildman–Crippen MR) is 28.8 cm³/mol. The first-order chi connectivity index (χ1) is 3.94. The molecule has 56 valence electrons. The lowest BCUT2D eigenvalue weighted by molar-refractivity contribution is -0.403. The monoisotopic (exact) mass is 137 g/mol. The van der Waals surface area contributed by atoms with Gasteiger partial charge in [0.25, 0.3) is 0 Å². The van der Waals surface area contributed by atoms with Crippen molar-refractivity contribution in [3.8, 4) is 0 Å². The van der Waals surface area contributed by atoms with E-state index in [1.165, 1.54) is 13.8 Å². The van der Waals surface area contributed by atoms with Gasteiger partial charge in [0, 0.05) is 0 Å². The fourth-order valence-electron chi connectivity index (χ4n) is 0. The molecule has 0 aliphatic heterocycles. The summed E-state index contributed by atoms with van der Waals surface area (Å²) in [5, 5.41) is 24.3. The summed E-state index contributed by atoms with van der Waals surface area (Å²) in [5.41, 5.74) is -1.56. The van der Waals surface area contributed by atoms with Crippen molar-refractivity contribution in [1.29, 1.82) is 0 Å². The fraction of sp³-hybridized carbons (Fsp3) is 0.750. The molecule has 5 heteroatoms. The van der Waals surface area contributed by atoms with Crippen LogP contribution in [0, 0.1) is 0 Å². The molecule has 3 N–H and O–H groups in total. The molecule has 9 heavy (non-hydrogen) atoms. The summed E-state index contributed by atoms with van der Waals surface area (Å²) < 4.78 is 0. The van der Waals surface area contributed by atoms with Crippen LogP contribution < -0.4 is 0 Å². The number of carbonyl (C=O) groups is 1. The van der Waals surface area contributed by atoms with Gasteiger partial charge in [0.15, 0.2) is 5.72 Å². The maximum Gasteiger partial charge on any atom is 0.161 e. The highest BCUT2D eigenvalue weighted by Gasteiger charge is 2.18. The van der Waals surface area contributed by atoms with Crippen LogP contribution in [0.2, 0.25) is 0 Å². The number of hydrogen-bond donors (Lipinski definition) is 3. The van der Waals surface area contributed by atoms with E-state index in [1.807, 2.05) is 6.79 Å². The van der Waals surface area contributed by atoms with Gasteiger partial charge in [-0.2, -0.15) is 0 Å². The van der Waals surface area contributed by atoms with Gasteiger partial charge in [0.1, 0.15) is 6.79 Å². The van der Waals surface area contributed by atoms with Crippen molar-refractivity contribution >= 4 is 6.79 Å². The summed E-state index contributed by atoms with van der Waals surface area (Å²) >= 11 is 0. The Morgan fingerprint density at radius 1 is 1.33 bits per heavy atom. The molecule has 0 aromatic rings. The summed E-state index contributed by atoms with van der Waals surface area (Å²) in [4.78, 5) is 8.00. The van der Waals surface area contributed by atoms with Crippen molar-refractivity contribution in [3.63, 3.8) is 0 Å². The zero-order valence-electron chi connectivity index (χ0n) is 5.40. The van der Waals surface area contributed by atoms with Gasteiger partial charge in [0.2, 0.25) is 0 Å². The lowest BCUT2D eigenvalue weighted by Crippen LogP contribution is -2.38. The Hall–Kier alpha value is -0.490. The van der Waals surface area contributed by atoms with E-state index in [9.17, 15) is 0 Å². The van der Waals surface area contributed by atoms with E-state index >= 15 is 0 Å². The minimum absolute atomic E-state index is 0.257. The quantitative estimate of drug-likeness (QED) is 0.339. The summed E-state index contributed by atoms with van der Waals surface area (Å²) in [5.74, 6) is 0. The van der Waals surface area contributed by atoms with Crippen molar-refractivity contribution < 1.29 is 20.3 Å². The van der Waals surface area contributed by atoms with Gasteiger partial charge in [-0.3, -0.25) is 10.4 Å². The predicted octanol–water partition coefficient (Wildman–Crippen LogP) is -0.390. The summed E-state index contributed by atoms with van der Waals surface area (Å²) in [6.45, 7) is 4.49. The van der Waals surface area contributed by atoms with Gasteiger partial charge in [-0.25, -0.2) is 0 Å². The van der Waals surface area contributed by atoms with Crippen molar-refractivity contribution in [1.82, 2.24) is 5.23 Å². The summed E-state index contributed by atoms with van der Waals surface area (Å²) in [7, 11) is 0. The molecule has 0 atom stereocenters. The molecule has 0 radical (unpaired) electrons. The van der Waals surface area contributed by atoms with Gasteiger partial charge in [-0.05, 0) is 19.1 Å². The molecular formula is C4H11NO4. The minimum atomic E-state index is -1.56. The molecule has 0 fully saturated rings. The SMILES string of the molecule is C=O.CC(C)(O)N(O)O. The molecule has 0 aliphatic rings. The molecule has 0 heterocycles. The zero-order valence-corrected chi connectivity index (χ0v) is 5.40. The van der Waals surface area contributed by atoms with Gasteiger partial charge >= 0.3 is 0 Å². The largest absolute Gasteiger partial charge is 0.372 e. The van der Waals surface area contributed by atoms with Crippen LogP contribution in [0.1, 0.15) is 13.8 Å². The average molecular weight is 137 g/mol. The van der Waals surface area contributed by atoms with Crippen LogP contribution in [-0.4, -0.2) is 33.3 Å². The Kier molecular flexibility index (Phi) is 5.53. The standard InChI is InChI=1S/C3H9NO3.CH2O/c1-3(2,5)4(6)7;1-2/h5-7H,1-2H3;1H2. The Bertz CT molecular complexity index is 67.5. The van der Waals surface area contributed by atoms with E-state index < -0.39 is 5.72 Å². The third-order valence-electron chi connectivity index (χ3n) is 0.489. The van der Waals surface area contributed by atoms with Crippen LogP contribution in [0.15, 0.2) is 0 Å². The van der Waals surface area contributed by atoms with Crippen molar-refractivity contribution in [2.24, 2.45) is 0 Å². The average Bonchev–Trinajstić information content (AvgIpc) is 1.69. The smallest absolute Gasteiger partial charge is 0.161 e. The molecule has 0 amide bonds. The van der Waals surface area contributed by atoms with Crippen LogP contribution in [0.4, 0.5) is 0 Å². The molecule has 0 aliphatic carbocycles. The molecule has 0 spiro atoms. The molecule has 0 bridgehead atoms. The molecule has 0 aromatic carbocycles. The van der Waals surface area contributed by atoms with E-state index in [1.54, 1.807) is 0 Å². The molecule has 0 rings (SSSR count). The zero-order chi connectivity index (χ0) is 8.08. The Morgan fingerprint density at radius 3 is 1.44 bits per heavy atom. The highest BCUT2D eigenvalue weighted by Crippen LogP contribution is 2.00. The second-order valence-electron chi connectivity index (χ2n) is 1.78. The van der Waals surface area contributed by atoms with Crippen LogP contribution in [-0.2, 0) is 4.79 Å². The van der Waals surface area contributed by atoms with E-state index in [0.29, 0.717) is 0 Å². The first-order valence-electron chi connectivity index (χ1n) is 2.14. The van der Waals surface area contributed by atoms with Crippen LogP contribution in [0.5, 0.6) is 0 Å². The lowest BCUT2D eigenvalue weighted by atomic mass is 10.3. The normalized spacial score (nSPS) is 10.4. The Labute approximate surface area is 53.1 Å². The highest BCUT2D eigenvalue weighted by atomic mass is 16.8. The third kappa shape index (κ3) is 7.51. The van der Waals surface area contributed by atoms with E-state index in [-0.39, 0.29) is 5.23 Å². The molecule has 0 unspecified atom stereocenters. The first-order valence-corrected chi connectivity index (χ1v) is 2.14. The second kappa shape index (κ2) is 4.39. The van der Waals surface area contributed by atoms with Crippen molar-refractivity contribution in [3.05, 3.63) is 0 Å². The van der Waals surface area contributed by atoms with Crippen molar-refractivity contribution in [2.75, 3.05) is 0 Å². The van der Waals surface area contributed by atoms with Crippen LogP contribution >= 0.6 is 0 Å². The molecule has 0 saturated carbocycles. The third-order valence-corrected chi connectivity index (χ3v) is 0.489. The van der Waals surface area contributed by atoms with Crippen LogP contribution in [0.3, 0.4) is 0 Å². The van der Waals surface area contributed by atoms with E-state index in [2.05, 4.69) is 0 Å². The molecular weight excluding hydrogens is 126 g/mol. The first kappa shape index (κ1) is 11.3. The second-order valence-corrected chi connectivity index (χ2v) is 1.78. The minimum Gasteiger partial charge on any atom is -0.372 e. The van der Waals surface area contributed by atoms with Crippen molar-refractivity contribution in [2.45, 2.75) is 19.6 Å². The van der Waals surface area contributed by atoms with E-state index in [0.717, 1.165) is 0 Å². The molecule has 5 nitrogen and oxygen atoms in total. The number of hydroxylamine groups is 2. The van der Waals surface area contributed by atoms with Gasteiger partial charge in [0.05, 0.1) is 0 Å². The topological polar surface area (TPSA) is 81.0 Å². The van der Waals surface area contributed by atoms with Crippen LogP contribution in [0.25, 0.3) is 0 Å². The molecule has 0 saturated heterocycles. The maximum absolute atomic E-state index is 8.52. The molecule has 0 aromatic heterocycles. The highest BCUT2D eigenvalue weighted by molar-refractivity contribution is 5.10. The number of rotatable bonds is 1. The Balaban J connectivity index is 0. The number of carbonyl (C=O) groups excluding carboxylic acids is 1. The fourth-order valence-corrected chi connectivity index (χ4v) is 0. The number of nitrogens with zero attached hydrogens (tertiary/aromatic N) is 1. The summed E-state index contributed by atoms with van der Waals surface area (Å²) in [6, 6.07) is 0. The number of aliphatic hydroxyl groups is 1. The Morgan fingerprint density at radius 2 is 1.44 bits per heavy atom. The lowest BCUT2D eigenvalue weighted by Gasteiger charge is -2.20. The number of hydrogen-bond acceptors (Lipinski definition) is 5. The summed E-state index contributed by atoms with van der Waals surface area (Å²) in [6.07, 6.45) is 0. The van der Waals surface area contributed by atoms with E-state index in [4.69, 9.17) is 20.3 Å². The van der Waals surface area contributed by atoms with Gasteiger partial charge in [-0.15, -0.1) is 0 Å². The maximum atomic E-state index is 8.52. The van der Waals surface area contributed by atoms with Gasteiger partial charge < -0.3 is 9.90 Å².